The van der Waals surface area contributed by atoms with E-state index in [2.05, 4.69) is 10.4 Å². The summed E-state index contributed by atoms with van der Waals surface area (Å²) in [6.07, 6.45) is 0.131. The van der Waals surface area contributed by atoms with Crippen LogP contribution >= 0.6 is 11.8 Å². The molecule has 0 bridgehead atoms. The molecule has 28 heavy (non-hydrogen) atoms. The zero-order valence-corrected chi connectivity index (χ0v) is 15.8. The summed E-state index contributed by atoms with van der Waals surface area (Å²) in [5, 5.41) is 22.2. The molecule has 1 atom stereocenters. The maximum atomic E-state index is 12.9. The Bertz CT molecular complexity index is 1110. The number of hydrazone groups is 1. The van der Waals surface area contributed by atoms with E-state index in [1.165, 1.54) is 22.8 Å². The Morgan fingerprint density at radius 2 is 1.96 bits per heavy atom. The van der Waals surface area contributed by atoms with Crippen molar-refractivity contribution in [1.29, 1.82) is 0 Å². The zero-order valence-electron chi connectivity index (χ0n) is 15.0. The fourth-order valence-corrected chi connectivity index (χ4v) is 3.87. The molecule has 0 unspecified atom stereocenters. The predicted octanol–water partition coefficient (Wildman–Crippen LogP) is 1.88. The second-order valence-corrected chi connectivity index (χ2v) is 7.32. The van der Waals surface area contributed by atoms with Crippen LogP contribution in [0.4, 0.5) is 5.69 Å². The number of hydrogen-bond acceptors (Lipinski definition) is 7. The Morgan fingerprint density at radius 1 is 1.21 bits per heavy atom. The van der Waals surface area contributed by atoms with Gasteiger partial charge in [0.25, 0.3) is 11.6 Å². The Hall–Kier alpha value is -3.20. The van der Waals surface area contributed by atoms with E-state index in [-0.39, 0.29) is 11.6 Å². The van der Waals surface area contributed by atoms with Gasteiger partial charge in [0, 0.05) is 17.0 Å². The average Bonchev–Trinajstić information content (AvgIpc) is 2.71. The number of benzene rings is 2. The van der Waals surface area contributed by atoms with Crippen molar-refractivity contribution in [3.05, 3.63) is 74.8 Å². The Labute approximate surface area is 164 Å². The molecule has 2 heterocycles. The summed E-state index contributed by atoms with van der Waals surface area (Å²) in [5.74, 6) is 0.506. The summed E-state index contributed by atoms with van der Waals surface area (Å²) in [4.78, 5) is 28.7. The molecular weight excluding hydrogens is 378 g/mol. The van der Waals surface area contributed by atoms with E-state index in [4.69, 9.17) is 4.99 Å². The first-order valence-electron chi connectivity index (χ1n) is 8.82. The molecule has 0 spiro atoms. The topological polar surface area (TPSA) is 100 Å². The second-order valence-electron chi connectivity index (χ2n) is 6.24. The molecule has 4 rings (SSSR count). The molecule has 2 aromatic carbocycles. The van der Waals surface area contributed by atoms with Crippen LogP contribution < -0.4 is 15.9 Å². The van der Waals surface area contributed by atoms with Crippen molar-refractivity contribution >= 4 is 34.2 Å². The lowest BCUT2D eigenvalue weighted by atomic mass is 10.1. The van der Waals surface area contributed by atoms with Gasteiger partial charge in [-0.3, -0.25) is 25.2 Å². The number of amidine groups is 1. The number of nitrogens with zero attached hydrogens (tertiary/aromatic N) is 4. The number of para-hydroxylation sites is 2. The SMILES string of the molecule is CCCSC1=NN2C(=c3ccccc3=N[C@H]2c2ccccc2[N+](=O)[O-])C(=O)N1. The van der Waals surface area contributed by atoms with Crippen molar-refractivity contribution in [2.24, 2.45) is 10.1 Å². The molecule has 0 saturated carbocycles. The van der Waals surface area contributed by atoms with Crippen LogP contribution in [0.1, 0.15) is 25.1 Å². The number of hydrogen-bond donors (Lipinski definition) is 1. The van der Waals surface area contributed by atoms with Gasteiger partial charge in [-0.15, -0.1) is 5.10 Å². The highest BCUT2D eigenvalue weighted by atomic mass is 32.2. The van der Waals surface area contributed by atoms with Crippen LogP contribution in [0.25, 0.3) is 5.70 Å². The first-order valence-corrected chi connectivity index (χ1v) is 9.81. The average molecular weight is 395 g/mol. The molecule has 142 valence electrons. The third kappa shape index (κ3) is 3.13. The maximum absolute atomic E-state index is 12.9. The first kappa shape index (κ1) is 18.2. The van der Waals surface area contributed by atoms with Crippen LogP contribution in [-0.2, 0) is 4.79 Å². The summed E-state index contributed by atoms with van der Waals surface area (Å²) in [5.41, 5.74) is 0.673. The lowest BCUT2D eigenvalue weighted by Crippen LogP contribution is -2.50. The van der Waals surface area contributed by atoms with Gasteiger partial charge in [-0.05, 0) is 18.6 Å². The minimum absolute atomic E-state index is 0.0566. The summed E-state index contributed by atoms with van der Waals surface area (Å²) in [6.45, 7) is 2.04. The molecule has 2 aliphatic rings. The molecule has 2 aliphatic heterocycles. The largest absolute Gasteiger partial charge is 0.298 e. The highest BCUT2D eigenvalue weighted by molar-refractivity contribution is 8.13. The van der Waals surface area contributed by atoms with Crippen molar-refractivity contribution < 1.29 is 9.72 Å². The summed E-state index contributed by atoms with van der Waals surface area (Å²) < 4.78 is 0. The molecule has 0 radical (unpaired) electrons. The normalized spacial score (nSPS) is 17.8. The fraction of sp³-hybridized carbons (Fsp3) is 0.211. The monoisotopic (exact) mass is 395 g/mol. The molecule has 0 aromatic heterocycles. The number of amides is 1. The van der Waals surface area contributed by atoms with E-state index in [1.54, 1.807) is 30.3 Å². The zero-order chi connectivity index (χ0) is 19.7. The fourth-order valence-electron chi connectivity index (χ4n) is 3.17. The molecule has 2 aromatic rings. The van der Waals surface area contributed by atoms with Gasteiger partial charge in [0.05, 0.1) is 15.8 Å². The van der Waals surface area contributed by atoms with Gasteiger partial charge in [-0.2, -0.15) is 0 Å². The second kappa shape index (κ2) is 7.43. The Kier molecular flexibility index (Phi) is 4.82. The predicted molar refractivity (Wildman–Crippen MR) is 107 cm³/mol. The van der Waals surface area contributed by atoms with Gasteiger partial charge in [-0.1, -0.05) is 49.0 Å². The summed E-state index contributed by atoms with van der Waals surface area (Å²) >= 11 is 1.43. The highest BCUT2D eigenvalue weighted by Crippen LogP contribution is 2.35. The number of nitro benzene ring substituents is 1. The first-order chi connectivity index (χ1) is 13.6. The minimum Gasteiger partial charge on any atom is -0.298 e. The number of rotatable bonds is 4. The number of nitrogens with one attached hydrogen (secondary N) is 1. The van der Waals surface area contributed by atoms with Gasteiger partial charge >= 0.3 is 0 Å². The van der Waals surface area contributed by atoms with Crippen molar-refractivity contribution in [2.45, 2.75) is 19.5 Å². The smallest absolute Gasteiger partial charge is 0.276 e. The van der Waals surface area contributed by atoms with Crippen molar-refractivity contribution in [1.82, 2.24) is 10.3 Å². The lowest BCUT2D eigenvalue weighted by molar-refractivity contribution is -0.385. The summed E-state index contributed by atoms with van der Waals surface area (Å²) in [7, 11) is 0. The Balaban J connectivity index is 1.94. The van der Waals surface area contributed by atoms with Gasteiger partial charge in [0.15, 0.2) is 11.3 Å². The molecule has 0 aliphatic carbocycles. The van der Waals surface area contributed by atoms with Crippen LogP contribution in [0.15, 0.2) is 58.6 Å². The lowest BCUT2D eigenvalue weighted by Gasteiger charge is -2.33. The van der Waals surface area contributed by atoms with E-state index >= 15 is 0 Å². The highest BCUT2D eigenvalue weighted by Gasteiger charge is 2.36. The van der Waals surface area contributed by atoms with Crippen molar-refractivity contribution in [3.8, 4) is 0 Å². The molecule has 8 nitrogen and oxygen atoms in total. The van der Waals surface area contributed by atoms with E-state index in [0.29, 0.717) is 27.0 Å². The molecule has 0 saturated heterocycles. The number of carbonyl (C=O) groups excluding carboxylic acids is 1. The quantitative estimate of drug-likeness (QED) is 0.629. The van der Waals surface area contributed by atoms with E-state index in [1.807, 2.05) is 19.1 Å². The van der Waals surface area contributed by atoms with Crippen LogP contribution in [0, 0.1) is 10.1 Å². The third-order valence-corrected chi connectivity index (χ3v) is 5.44. The molecule has 1 amide bonds. The molecule has 1 N–H and O–H groups in total. The van der Waals surface area contributed by atoms with Crippen molar-refractivity contribution in [3.63, 3.8) is 0 Å². The van der Waals surface area contributed by atoms with E-state index in [9.17, 15) is 14.9 Å². The van der Waals surface area contributed by atoms with Crippen LogP contribution in [-0.4, -0.2) is 26.8 Å². The Morgan fingerprint density at radius 3 is 2.75 bits per heavy atom. The van der Waals surface area contributed by atoms with Gasteiger partial charge in [-0.25, -0.2) is 5.01 Å². The molecule has 9 heteroatoms. The number of nitro groups is 1. The van der Waals surface area contributed by atoms with E-state index in [0.717, 1.165) is 12.2 Å². The summed E-state index contributed by atoms with van der Waals surface area (Å²) in [6, 6.07) is 13.7. The standard InChI is InChI=1S/C19H17N5O3S/c1-2-11-28-19-21-18(25)16-12-7-3-5-9-14(12)20-17(23(16)22-19)13-8-4-6-10-15(13)24(26)27/h3-10,17H,2,11H2,1H3,(H,21,22,25)/t17-/m1/s1. The number of fused-ring (bicyclic) bond motifs is 2. The van der Waals surface area contributed by atoms with Gasteiger partial charge in [0.1, 0.15) is 5.70 Å². The van der Waals surface area contributed by atoms with Gasteiger partial charge < -0.3 is 0 Å². The minimum atomic E-state index is -0.797. The van der Waals surface area contributed by atoms with Crippen LogP contribution in [0.3, 0.4) is 0 Å². The van der Waals surface area contributed by atoms with Crippen LogP contribution in [0.5, 0.6) is 0 Å². The number of carbonyl (C=O) groups is 1. The molecule has 0 fully saturated rings. The number of thioether (sulfide) groups is 1. The van der Waals surface area contributed by atoms with Gasteiger partial charge in [0.2, 0.25) is 0 Å². The van der Waals surface area contributed by atoms with Crippen molar-refractivity contribution in [2.75, 3.05) is 5.75 Å². The van der Waals surface area contributed by atoms with E-state index < -0.39 is 11.1 Å². The molecular formula is C19H17N5O3S. The van der Waals surface area contributed by atoms with Crippen LogP contribution in [0.2, 0.25) is 0 Å². The maximum Gasteiger partial charge on any atom is 0.276 e. The third-order valence-electron chi connectivity index (χ3n) is 4.37.